The van der Waals surface area contributed by atoms with E-state index in [2.05, 4.69) is 0 Å². The third-order valence-electron chi connectivity index (χ3n) is 7.76. The number of likely N-dealkylation sites (N-methyl/N-ethyl adjacent to an activating group) is 1. The van der Waals surface area contributed by atoms with Gasteiger partial charge in [-0.2, -0.15) is 4.31 Å². The topological polar surface area (TPSA) is 109 Å². The van der Waals surface area contributed by atoms with Crippen molar-refractivity contribution < 1.29 is 32.5 Å². The van der Waals surface area contributed by atoms with E-state index in [1.807, 2.05) is 51.0 Å². The number of methoxy groups -OCH3 is 1. The number of benzene rings is 2. The Morgan fingerprint density at radius 3 is 2.40 bits per heavy atom. The zero-order chi connectivity index (χ0) is 31.0. The predicted molar refractivity (Wildman–Crippen MR) is 164 cm³/mol. The number of hydrogen-bond donors (Lipinski definition) is 1. The number of sulfonamides is 1. The summed E-state index contributed by atoms with van der Waals surface area (Å²) in [6.07, 6.45) is 1.80. The minimum atomic E-state index is -3.80. The molecule has 4 atom stereocenters. The van der Waals surface area contributed by atoms with Crippen molar-refractivity contribution in [2.24, 2.45) is 5.92 Å². The van der Waals surface area contributed by atoms with Crippen LogP contribution in [0.5, 0.6) is 11.5 Å². The minimum absolute atomic E-state index is 0.103. The molecular formula is C31H47N3O7S. The van der Waals surface area contributed by atoms with Gasteiger partial charge in [-0.3, -0.25) is 4.79 Å². The van der Waals surface area contributed by atoms with Crippen molar-refractivity contribution in [2.75, 3.05) is 59.5 Å². The number of aliphatic hydroxyl groups is 1. The second-order valence-electron chi connectivity index (χ2n) is 11.3. The molecule has 0 spiro atoms. The van der Waals surface area contributed by atoms with Crippen molar-refractivity contribution in [1.29, 1.82) is 0 Å². The van der Waals surface area contributed by atoms with E-state index in [9.17, 15) is 18.3 Å². The molecule has 1 N–H and O–H groups in total. The fourth-order valence-corrected chi connectivity index (χ4v) is 6.11. The monoisotopic (exact) mass is 605 g/mol. The maximum Gasteiger partial charge on any atom is 0.258 e. The minimum Gasteiger partial charge on any atom is -0.497 e. The molecule has 10 nitrogen and oxygen atoms in total. The van der Waals surface area contributed by atoms with Crippen LogP contribution in [0.25, 0.3) is 0 Å². The molecule has 1 aliphatic heterocycles. The molecule has 0 saturated heterocycles. The van der Waals surface area contributed by atoms with Crippen LogP contribution in [0.3, 0.4) is 0 Å². The molecular weight excluding hydrogens is 558 g/mol. The molecule has 1 amide bonds. The van der Waals surface area contributed by atoms with E-state index in [-0.39, 0.29) is 42.5 Å². The lowest BCUT2D eigenvalue weighted by Gasteiger charge is -2.35. The number of rotatable bonds is 8. The zero-order valence-electron chi connectivity index (χ0n) is 25.9. The lowest BCUT2D eigenvalue weighted by atomic mass is 10.0. The van der Waals surface area contributed by atoms with Crippen LogP contribution in [-0.4, -0.2) is 101 Å². The third-order valence-corrected chi connectivity index (χ3v) is 9.59. The number of hydrogen-bond acceptors (Lipinski definition) is 8. The SMILES string of the molecule is COc1ccc(S(=O)(=O)N(C)C[C@@H]2OCCCC[C@H](C)Oc3ccc(N(C)C)cc3C(=O)N([C@H](C)CO)C[C@@H]2C)cc1. The fourth-order valence-electron chi connectivity index (χ4n) is 4.93. The smallest absolute Gasteiger partial charge is 0.258 e. The number of ether oxygens (including phenoxy) is 3. The van der Waals surface area contributed by atoms with Crippen molar-refractivity contribution >= 4 is 21.6 Å². The Morgan fingerprint density at radius 2 is 1.79 bits per heavy atom. The summed E-state index contributed by atoms with van der Waals surface area (Å²) in [6, 6.07) is 11.4. The van der Waals surface area contributed by atoms with Gasteiger partial charge >= 0.3 is 0 Å². The molecule has 0 unspecified atom stereocenters. The van der Waals surface area contributed by atoms with Gasteiger partial charge < -0.3 is 29.1 Å². The molecule has 11 heteroatoms. The van der Waals surface area contributed by atoms with E-state index < -0.39 is 22.2 Å². The van der Waals surface area contributed by atoms with Gasteiger partial charge in [0, 0.05) is 52.4 Å². The third kappa shape index (κ3) is 8.37. The highest BCUT2D eigenvalue weighted by Crippen LogP contribution is 2.29. The van der Waals surface area contributed by atoms with Crippen molar-refractivity contribution in [1.82, 2.24) is 9.21 Å². The van der Waals surface area contributed by atoms with Gasteiger partial charge in [0.25, 0.3) is 5.91 Å². The Labute approximate surface area is 251 Å². The van der Waals surface area contributed by atoms with Crippen LogP contribution in [0.1, 0.15) is 50.4 Å². The normalized spacial score (nSPS) is 21.7. The van der Waals surface area contributed by atoms with Crippen LogP contribution < -0.4 is 14.4 Å². The van der Waals surface area contributed by atoms with Crippen molar-refractivity contribution in [2.45, 2.75) is 63.2 Å². The highest BCUT2D eigenvalue weighted by Gasteiger charge is 2.32. The second kappa shape index (κ2) is 15.0. The first-order chi connectivity index (χ1) is 19.9. The Morgan fingerprint density at radius 1 is 1.10 bits per heavy atom. The molecule has 1 heterocycles. The molecule has 2 aromatic carbocycles. The van der Waals surface area contributed by atoms with Gasteiger partial charge in [-0.25, -0.2) is 8.42 Å². The van der Waals surface area contributed by atoms with E-state index in [0.717, 1.165) is 24.9 Å². The van der Waals surface area contributed by atoms with Crippen molar-refractivity contribution in [3.05, 3.63) is 48.0 Å². The van der Waals surface area contributed by atoms with Crippen LogP contribution in [0.2, 0.25) is 0 Å². The molecule has 3 rings (SSSR count). The van der Waals surface area contributed by atoms with Gasteiger partial charge in [0.2, 0.25) is 10.0 Å². The lowest BCUT2D eigenvalue weighted by Crippen LogP contribution is -2.48. The molecule has 0 bridgehead atoms. The van der Waals surface area contributed by atoms with Crippen molar-refractivity contribution in [3.8, 4) is 11.5 Å². The van der Waals surface area contributed by atoms with Crippen LogP contribution in [0.4, 0.5) is 5.69 Å². The summed E-state index contributed by atoms with van der Waals surface area (Å²) >= 11 is 0. The summed E-state index contributed by atoms with van der Waals surface area (Å²) in [6.45, 7) is 6.31. The van der Waals surface area contributed by atoms with E-state index >= 15 is 0 Å². The highest BCUT2D eigenvalue weighted by molar-refractivity contribution is 7.89. The number of anilines is 1. The Balaban J connectivity index is 1.95. The summed E-state index contributed by atoms with van der Waals surface area (Å²) in [7, 11) is 3.09. The fraction of sp³-hybridized carbons (Fsp3) is 0.581. The van der Waals surface area contributed by atoms with Crippen LogP contribution in [-0.2, 0) is 14.8 Å². The van der Waals surface area contributed by atoms with E-state index in [4.69, 9.17) is 14.2 Å². The summed E-state index contributed by atoms with van der Waals surface area (Å²) in [5.41, 5.74) is 1.28. The molecule has 0 radical (unpaired) electrons. The quantitative estimate of drug-likeness (QED) is 0.483. The molecule has 42 heavy (non-hydrogen) atoms. The van der Waals surface area contributed by atoms with Gasteiger partial charge in [0.15, 0.2) is 0 Å². The number of aliphatic hydroxyl groups excluding tert-OH is 1. The molecule has 234 valence electrons. The van der Waals surface area contributed by atoms with Gasteiger partial charge in [0.1, 0.15) is 11.5 Å². The summed E-state index contributed by atoms with van der Waals surface area (Å²) in [5.74, 6) is 0.571. The largest absolute Gasteiger partial charge is 0.497 e. The number of carbonyl (C=O) groups excluding carboxylic acids is 1. The maximum atomic E-state index is 14.1. The average molecular weight is 606 g/mol. The van der Waals surface area contributed by atoms with E-state index in [1.165, 1.54) is 30.6 Å². The molecule has 0 aliphatic carbocycles. The van der Waals surface area contributed by atoms with Gasteiger partial charge in [-0.05, 0) is 75.6 Å². The molecule has 0 fully saturated rings. The number of amides is 1. The first kappa shape index (κ1) is 33.6. The van der Waals surface area contributed by atoms with Crippen LogP contribution in [0, 0.1) is 5.92 Å². The highest BCUT2D eigenvalue weighted by atomic mass is 32.2. The maximum absolute atomic E-state index is 14.1. The van der Waals surface area contributed by atoms with Crippen LogP contribution in [0.15, 0.2) is 47.4 Å². The zero-order valence-corrected chi connectivity index (χ0v) is 26.8. The average Bonchev–Trinajstić information content (AvgIpc) is 2.97. The first-order valence-electron chi connectivity index (χ1n) is 14.5. The first-order valence-corrected chi connectivity index (χ1v) is 15.9. The number of carbonyl (C=O) groups is 1. The Hall–Kier alpha value is -2.86. The van der Waals surface area contributed by atoms with Crippen LogP contribution >= 0.6 is 0 Å². The molecule has 2 aromatic rings. The standard InChI is InChI=1S/C31H47N3O7S/c1-22-19-34(23(2)21-35)31(36)28-18-25(32(4)5)11-16-29(28)41-24(3)10-8-9-17-40-30(22)20-33(6)42(37,38)27-14-12-26(39-7)13-15-27/h11-16,18,22-24,30,35H,8-10,17,19-21H2,1-7H3/t22-,23+,24-,30-/m0/s1. The summed E-state index contributed by atoms with van der Waals surface area (Å²) in [4.78, 5) is 17.8. The lowest BCUT2D eigenvalue weighted by molar-refractivity contribution is -0.00833. The molecule has 0 saturated carbocycles. The Bertz CT molecular complexity index is 1270. The van der Waals surface area contributed by atoms with Gasteiger partial charge in [0.05, 0.1) is 42.4 Å². The molecule has 0 aromatic heterocycles. The predicted octanol–water partition coefficient (Wildman–Crippen LogP) is 3.88. The van der Waals surface area contributed by atoms with Crippen molar-refractivity contribution in [3.63, 3.8) is 0 Å². The van der Waals surface area contributed by atoms with Gasteiger partial charge in [-0.1, -0.05) is 6.92 Å². The summed E-state index contributed by atoms with van der Waals surface area (Å²) in [5, 5.41) is 10.1. The number of fused-ring (bicyclic) bond motifs is 1. The summed E-state index contributed by atoms with van der Waals surface area (Å²) < 4.78 is 45.9. The Kier molecular flexibility index (Phi) is 12.0. The second-order valence-corrected chi connectivity index (χ2v) is 13.4. The molecule has 1 aliphatic rings. The van der Waals surface area contributed by atoms with E-state index in [1.54, 1.807) is 24.0 Å². The van der Waals surface area contributed by atoms with E-state index in [0.29, 0.717) is 23.7 Å². The number of nitrogens with zero attached hydrogens (tertiary/aromatic N) is 3. The van der Waals surface area contributed by atoms with Gasteiger partial charge in [-0.15, -0.1) is 0 Å².